The molecule has 0 atom stereocenters. The molecule has 0 saturated heterocycles. The van der Waals surface area contributed by atoms with E-state index in [-0.39, 0.29) is 5.56 Å². The summed E-state index contributed by atoms with van der Waals surface area (Å²) < 4.78 is 1.68. The third-order valence-corrected chi connectivity index (χ3v) is 1.68. The Morgan fingerprint density at radius 3 is 2.85 bits per heavy atom. The first-order valence-corrected chi connectivity index (χ1v) is 4.26. The highest BCUT2D eigenvalue weighted by Crippen LogP contribution is 1.80. The first-order valence-electron chi connectivity index (χ1n) is 4.26. The van der Waals surface area contributed by atoms with Gasteiger partial charge in [0.1, 0.15) is 0 Å². The van der Waals surface area contributed by atoms with Gasteiger partial charge in [0.25, 0.3) is 5.56 Å². The lowest BCUT2D eigenvalue weighted by Crippen LogP contribution is -2.34. The molecule has 0 bridgehead atoms. The lowest BCUT2D eigenvalue weighted by molar-refractivity contribution is 0.283. The van der Waals surface area contributed by atoms with Crippen LogP contribution >= 0.6 is 0 Å². The van der Waals surface area contributed by atoms with Crippen molar-refractivity contribution in [3.8, 4) is 0 Å². The Morgan fingerprint density at radius 1 is 1.46 bits per heavy atom. The highest BCUT2D eigenvalue weighted by atomic mass is 16.1. The molecule has 1 N–H and O–H groups in total. The lowest BCUT2D eigenvalue weighted by Gasteiger charge is -2.12. The SMILES string of the molecule is CN(C)NCCn1ccccc1=O. The summed E-state index contributed by atoms with van der Waals surface area (Å²) in [5, 5.41) is 1.87. The van der Waals surface area contributed by atoms with Crippen LogP contribution in [-0.4, -0.2) is 30.2 Å². The third-order valence-electron chi connectivity index (χ3n) is 1.68. The van der Waals surface area contributed by atoms with Crippen molar-refractivity contribution in [3.05, 3.63) is 34.7 Å². The summed E-state index contributed by atoms with van der Waals surface area (Å²) in [6, 6.07) is 5.17. The van der Waals surface area contributed by atoms with E-state index < -0.39 is 0 Å². The molecule has 0 fully saturated rings. The summed E-state index contributed by atoms with van der Waals surface area (Å²) in [5.41, 5.74) is 3.14. The van der Waals surface area contributed by atoms with Gasteiger partial charge in [0, 0.05) is 39.4 Å². The van der Waals surface area contributed by atoms with Crippen LogP contribution in [-0.2, 0) is 6.54 Å². The summed E-state index contributed by atoms with van der Waals surface area (Å²) in [5.74, 6) is 0. The number of nitrogens with zero attached hydrogens (tertiary/aromatic N) is 2. The van der Waals surface area contributed by atoms with Crippen molar-refractivity contribution in [1.29, 1.82) is 0 Å². The van der Waals surface area contributed by atoms with E-state index in [9.17, 15) is 4.79 Å². The zero-order valence-corrected chi connectivity index (χ0v) is 8.03. The van der Waals surface area contributed by atoms with E-state index in [4.69, 9.17) is 0 Å². The molecule has 0 aliphatic rings. The van der Waals surface area contributed by atoms with Crippen molar-refractivity contribution in [3.63, 3.8) is 0 Å². The predicted octanol–water partition coefficient (Wildman–Crippen LogP) is -0.0855. The second kappa shape index (κ2) is 4.79. The number of hydrazine groups is 1. The Balaban J connectivity index is 2.46. The number of hydrogen-bond donors (Lipinski definition) is 1. The first kappa shape index (κ1) is 9.95. The Kier molecular flexibility index (Phi) is 3.67. The van der Waals surface area contributed by atoms with Gasteiger partial charge in [-0.15, -0.1) is 0 Å². The second-order valence-corrected chi connectivity index (χ2v) is 3.03. The molecule has 0 aliphatic heterocycles. The maximum Gasteiger partial charge on any atom is 0.250 e. The van der Waals surface area contributed by atoms with Crippen LogP contribution in [0.2, 0.25) is 0 Å². The number of pyridine rings is 1. The minimum Gasteiger partial charge on any atom is -0.314 e. The number of aromatic nitrogens is 1. The van der Waals surface area contributed by atoms with Crippen molar-refractivity contribution in [2.45, 2.75) is 6.54 Å². The van der Waals surface area contributed by atoms with Crippen molar-refractivity contribution >= 4 is 0 Å². The molecule has 0 amide bonds. The van der Waals surface area contributed by atoms with Crippen LogP contribution in [0.15, 0.2) is 29.2 Å². The molecule has 0 saturated carbocycles. The summed E-state index contributed by atoms with van der Waals surface area (Å²) >= 11 is 0. The molecule has 1 aromatic heterocycles. The minimum absolute atomic E-state index is 0.0445. The van der Waals surface area contributed by atoms with Crippen LogP contribution in [0.1, 0.15) is 0 Å². The van der Waals surface area contributed by atoms with Gasteiger partial charge in [-0.3, -0.25) is 15.2 Å². The topological polar surface area (TPSA) is 37.3 Å². The van der Waals surface area contributed by atoms with Gasteiger partial charge in [-0.1, -0.05) is 6.07 Å². The maximum absolute atomic E-state index is 11.2. The highest BCUT2D eigenvalue weighted by molar-refractivity contribution is 4.93. The molecule has 0 aliphatic carbocycles. The minimum atomic E-state index is 0.0445. The molecular formula is C9H15N3O. The fraction of sp³-hybridized carbons (Fsp3) is 0.444. The molecule has 0 spiro atoms. The molecule has 0 aromatic carbocycles. The second-order valence-electron chi connectivity index (χ2n) is 3.03. The molecule has 0 unspecified atom stereocenters. The van der Waals surface area contributed by atoms with Crippen LogP contribution < -0.4 is 11.0 Å². The fourth-order valence-electron chi connectivity index (χ4n) is 1.04. The van der Waals surface area contributed by atoms with E-state index in [2.05, 4.69) is 5.43 Å². The van der Waals surface area contributed by atoms with Crippen molar-refractivity contribution in [2.24, 2.45) is 0 Å². The van der Waals surface area contributed by atoms with Crippen LogP contribution in [0.3, 0.4) is 0 Å². The van der Waals surface area contributed by atoms with Gasteiger partial charge in [-0.05, 0) is 6.07 Å². The third kappa shape index (κ3) is 3.40. The average molecular weight is 181 g/mol. The largest absolute Gasteiger partial charge is 0.314 e. The summed E-state index contributed by atoms with van der Waals surface area (Å²) in [6.45, 7) is 1.45. The van der Waals surface area contributed by atoms with Crippen LogP contribution in [0.4, 0.5) is 0 Å². The maximum atomic E-state index is 11.2. The van der Waals surface area contributed by atoms with Gasteiger partial charge < -0.3 is 4.57 Å². The fourth-order valence-corrected chi connectivity index (χ4v) is 1.04. The Morgan fingerprint density at radius 2 is 2.23 bits per heavy atom. The van der Waals surface area contributed by atoms with Crippen LogP contribution in [0.25, 0.3) is 0 Å². The summed E-state index contributed by atoms with van der Waals surface area (Å²) in [4.78, 5) is 11.2. The zero-order valence-electron chi connectivity index (χ0n) is 8.03. The molecule has 1 aromatic rings. The predicted molar refractivity (Wildman–Crippen MR) is 52.4 cm³/mol. The molecular weight excluding hydrogens is 166 g/mol. The van der Waals surface area contributed by atoms with Gasteiger partial charge in [0.05, 0.1) is 0 Å². The summed E-state index contributed by atoms with van der Waals surface area (Å²) in [7, 11) is 3.85. The van der Waals surface area contributed by atoms with Crippen LogP contribution in [0, 0.1) is 0 Å². The molecule has 4 nitrogen and oxygen atoms in total. The Labute approximate surface area is 77.8 Å². The Hall–Kier alpha value is -1.13. The van der Waals surface area contributed by atoms with Gasteiger partial charge in [-0.2, -0.15) is 0 Å². The van der Waals surface area contributed by atoms with Gasteiger partial charge in [0.15, 0.2) is 0 Å². The number of rotatable bonds is 4. The van der Waals surface area contributed by atoms with E-state index >= 15 is 0 Å². The van der Waals surface area contributed by atoms with Gasteiger partial charge >= 0.3 is 0 Å². The summed E-state index contributed by atoms with van der Waals surface area (Å²) in [6.07, 6.45) is 1.79. The molecule has 13 heavy (non-hydrogen) atoms. The molecule has 4 heteroatoms. The normalized spacial score (nSPS) is 10.7. The molecule has 0 radical (unpaired) electrons. The van der Waals surface area contributed by atoms with Crippen molar-refractivity contribution in [2.75, 3.05) is 20.6 Å². The molecule has 1 rings (SSSR count). The highest BCUT2D eigenvalue weighted by Gasteiger charge is 1.93. The molecule has 1 heterocycles. The van der Waals surface area contributed by atoms with Gasteiger partial charge in [0.2, 0.25) is 0 Å². The number of hydrogen-bond acceptors (Lipinski definition) is 3. The first-order chi connectivity index (χ1) is 6.20. The van der Waals surface area contributed by atoms with E-state index in [1.54, 1.807) is 22.9 Å². The van der Waals surface area contributed by atoms with Crippen LogP contribution in [0.5, 0.6) is 0 Å². The monoisotopic (exact) mass is 181 g/mol. The van der Waals surface area contributed by atoms with Gasteiger partial charge in [-0.25, -0.2) is 0 Å². The van der Waals surface area contributed by atoms with Crippen molar-refractivity contribution < 1.29 is 0 Å². The van der Waals surface area contributed by atoms with Crippen molar-refractivity contribution in [1.82, 2.24) is 15.0 Å². The average Bonchev–Trinajstić information content (AvgIpc) is 2.08. The van der Waals surface area contributed by atoms with E-state index in [1.807, 2.05) is 25.2 Å². The van der Waals surface area contributed by atoms with E-state index in [0.717, 1.165) is 6.54 Å². The smallest absolute Gasteiger partial charge is 0.250 e. The van der Waals surface area contributed by atoms with E-state index in [0.29, 0.717) is 6.54 Å². The zero-order chi connectivity index (χ0) is 9.68. The number of nitrogens with one attached hydrogen (secondary N) is 1. The quantitative estimate of drug-likeness (QED) is 0.660. The van der Waals surface area contributed by atoms with E-state index in [1.165, 1.54) is 0 Å². The lowest BCUT2D eigenvalue weighted by atomic mass is 10.4. The molecule has 72 valence electrons. The standard InChI is InChI=1S/C9H15N3O/c1-11(2)10-6-8-12-7-4-3-5-9(12)13/h3-5,7,10H,6,8H2,1-2H3. The Bertz CT molecular complexity index is 306.